The molecule has 216 valence electrons. The van der Waals surface area contributed by atoms with Crippen LogP contribution >= 0.6 is 0 Å². The van der Waals surface area contributed by atoms with Crippen molar-refractivity contribution in [1.29, 1.82) is 0 Å². The maximum atomic E-state index is 14.3. The van der Waals surface area contributed by atoms with E-state index in [1.54, 1.807) is 58.9 Å². The quantitative estimate of drug-likeness (QED) is 0.302. The fourth-order valence-electron chi connectivity index (χ4n) is 4.03. The van der Waals surface area contributed by atoms with Crippen molar-refractivity contribution in [1.82, 2.24) is 15.5 Å². The van der Waals surface area contributed by atoms with E-state index in [0.29, 0.717) is 23.5 Å². The summed E-state index contributed by atoms with van der Waals surface area (Å²) in [4.78, 5) is 54.1. The van der Waals surface area contributed by atoms with Crippen molar-refractivity contribution < 1.29 is 28.7 Å². The van der Waals surface area contributed by atoms with Crippen LogP contribution in [0.25, 0.3) is 0 Å². The van der Waals surface area contributed by atoms with Crippen molar-refractivity contribution in [2.24, 2.45) is 11.8 Å². The first-order valence-electron chi connectivity index (χ1n) is 13.3. The van der Waals surface area contributed by atoms with Crippen LogP contribution in [0, 0.1) is 24.2 Å². The van der Waals surface area contributed by atoms with Crippen molar-refractivity contribution in [3.63, 3.8) is 0 Å². The fourth-order valence-corrected chi connectivity index (χ4v) is 4.03. The number of methoxy groups -OCH3 is 1. The number of nitrogens with zero attached hydrogens (tertiary/aromatic N) is 1. The van der Waals surface area contributed by atoms with Gasteiger partial charge in [0.15, 0.2) is 0 Å². The number of hydrogen-bond donors (Lipinski definition) is 2. The van der Waals surface area contributed by atoms with E-state index in [1.165, 1.54) is 12.0 Å². The van der Waals surface area contributed by atoms with Gasteiger partial charge in [-0.05, 0) is 64.0 Å². The molecule has 0 aliphatic carbocycles. The van der Waals surface area contributed by atoms with E-state index in [4.69, 9.17) is 11.2 Å². The molecule has 0 bridgehead atoms. The summed E-state index contributed by atoms with van der Waals surface area (Å²) >= 11 is 0. The van der Waals surface area contributed by atoms with Crippen LogP contribution in [-0.2, 0) is 23.9 Å². The Balaban J connectivity index is 3.69. The third kappa shape index (κ3) is 10.6. The van der Waals surface area contributed by atoms with Crippen LogP contribution in [0.1, 0.15) is 85.4 Å². The number of terminal acetylenes is 1. The van der Waals surface area contributed by atoms with Gasteiger partial charge in [-0.25, -0.2) is 4.79 Å². The lowest BCUT2D eigenvalue weighted by molar-refractivity contribution is -0.147. The van der Waals surface area contributed by atoms with Gasteiger partial charge in [0.25, 0.3) is 0 Å². The Bertz CT molecular complexity index is 1040. The number of nitrogens with one attached hydrogen (secondary N) is 2. The molecule has 0 saturated heterocycles. The van der Waals surface area contributed by atoms with E-state index < -0.39 is 47.6 Å². The lowest BCUT2D eigenvalue weighted by Crippen LogP contribution is -2.57. The number of carbonyl (C=O) groups excluding carboxylic acids is 4. The van der Waals surface area contributed by atoms with E-state index in [-0.39, 0.29) is 12.5 Å². The molecule has 3 amide bonds. The molecular weight excluding hydrogens is 498 g/mol. The second kappa shape index (κ2) is 15.2. The summed E-state index contributed by atoms with van der Waals surface area (Å²) in [5, 5.41) is 5.30. The zero-order chi connectivity index (χ0) is 29.9. The predicted molar refractivity (Wildman–Crippen MR) is 151 cm³/mol. The second-order valence-electron chi connectivity index (χ2n) is 11.4. The standard InChI is InChI=1S/C30H45N3O6/c1-11-22-14-12-13-15-23(22)26(27(35)31-18-24(34)38-10)33(21(6)17-16-19(2)3)28(36)25(20(4)5)32-29(37)39-30(7,8)9/h1,12-15,19-21,25-26H,16-18H2,2-10H3,(H,31,35)(H,32,37). The molecule has 0 aromatic heterocycles. The first-order chi connectivity index (χ1) is 18.1. The molecule has 0 heterocycles. The molecule has 39 heavy (non-hydrogen) atoms. The van der Waals surface area contributed by atoms with Gasteiger partial charge in [-0.15, -0.1) is 6.42 Å². The van der Waals surface area contributed by atoms with Gasteiger partial charge in [-0.2, -0.15) is 0 Å². The summed E-state index contributed by atoms with van der Waals surface area (Å²) in [6.45, 7) is 14.5. The van der Waals surface area contributed by atoms with E-state index in [0.717, 1.165) is 6.42 Å². The molecule has 0 spiro atoms. The molecular formula is C30H45N3O6. The smallest absolute Gasteiger partial charge is 0.408 e. The summed E-state index contributed by atoms with van der Waals surface area (Å²) < 4.78 is 10.1. The van der Waals surface area contributed by atoms with Gasteiger partial charge in [-0.1, -0.05) is 51.8 Å². The lowest BCUT2D eigenvalue weighted by atomic mass is 9.93. The van der Waals surface area contributed by atoms with Crippen molar-refractivity contribution >= 4 is 23.9 Å². The van der Waals surface area contributed by atoms with Crippen LogP contribution in [0.2, 0.25) is 0 Å². The molecule has 2 N–H and O–H groups in total. The average molecular weight is 544 g/mol. The van der Waals surface area contributed by atoms with Crippen LogP contribution in [0.4, 0.5) is 4.79 Å². The minimum Gasteiger partial charge on any atom is -0.468 e. The molecule has 0 saturated carbocycles. The number of ether oxygens (including phenoxy) is 2. The Morgan fingerprint density at radius 2 is 1.64 bits per heavy atom. The number of rotatable bonds is 12. The molecule has 9 nitrogen and oxygen atoms in total. The van der Waals surface area contributed by atoms with Gasteiger partial charge >= 0.3 is 12.1 Å². The summed E-state index contributed by atoms with van der Waals surface area (Å²) in [6, 6.07) is 4.29. The Morgan fingerprint density at radius 3 is 2.15 bits per heavy atom. The SMILES string of the molecule is C#Cc1ccccc1C(C(=O)NCC(=O)OC)N(C(=O)C(NC(=O)OC(C)(C)C)C(C)C)C(C)CCC(C)C. The Morgan fingerprint density at radius 1 is 1.03 bits per heavy atom. The van der Waals surface area contributed by atoms with E-state index in [1.807, 2.05) is 6.92 Å². The first kappa shape index (κ1) is 33.5. The van der Waals surface area contributed by atoms with Crippen LogP contribution in [0.3, 0.4) is 0 Å². The number of benzene rings is 1. The molecule has 9 heteroatoms. The highest BCUT2D eigenvalue weighted by atomic mass is 16.6. The van der Waals surface area contributed by atoms with Gasteiger partial charge in [0.05, 0.1) is 7.11 Å². The number of amides is 3. The maximum absolute atomic E-state index is 14.3. The monoisotopic (exact) mass is 543 g/mol. The van der Waals surface area contributed by atoms with Crippen molar-refractivity contribution in [2.75, 3.05) is 13.7 Å². The molecule has 3 atom stereocenters. The van der Waals surface area contributed by atoms with Crippen molar-refractivity contribution in [3.05, 3.63) is 35.4 Å². The van der Waals surface area contributed by atoms with Crippen molar-refractivity contribution in [3.8, 4) is 12.3 Å². The third-order valence-electron chi connectivity index (χ3n) is 6.07. The summed E-state index contributed by atoms with van der Waals surface area (Å²) in [5.41, 5.74) is 0.110. The molecule has 1 rings (SSSR count). The third-order valence-corrected chi connectivity index (χ3v) is 6.07. The van der Waals surface area contributed by atoms with Crippen LogP contribution in [0.5, 0.6) is 0 Å². The number of hydrogen-bond acceptors (Lipinski definition) is 6. The van der Waals surface area contributed by atoms with E-state index in [9.17, 15) is 19.2 Å². The molecule has 1 aromatic rings. The van der Waals surface area contributed by atoms with Gasteiger partial charge in [-0.3, -0.25) is 14.4 Å². The molecule has 1 aromatic carbocycles. The topological polar surface area (TPSA) is 114 Å². The van der Waals surface area contributed by atoms with Crippen LogP contribution in [-0.4, -0.2) is 60.1 Å². The second-order valence-corrected chi connectivity index (χ2v) is 11.4. The van der Waals surface area contributed by atoms with Gasteiger partial charge < -0.3 is 25.0 Å². The number of alkyl carbamates (subject to hydrolysis) is 1. The van der Waals surface area contributed by atoms with Crippen molar-refractivity contribution in [2.45, 2.75) is 92.0 Å². The number of esters is 1. The highest BCUT2D eigenvalue weighted by Crippen LogP contribution is 2.30. The largest absolute Gasteiger partial charge is 0.468 e. The molecule has 0 aliphatic heterocycles. The Labute approximate surface area is 233 Å². The summed E-state index contributed by atoms with van der Waals surface area (Å²) in [7, 11) is 1.22. The molecule has 0 aliphatic rings. The zero-order valence-electron chi connectivity index (χ0n) is 24.8. The normalized spacial score (nSPS) is 13.6. The van der Waals surface area contributed by atoms with E-state index in [2.05, 4.69) is 35.1 Å². The minimum absolute atomic E-state index is 0.327. The summed E-state index contributed by atoms with van der Waals surface area (Å²) in [5.74, 6) is 0.944. The molecule has 0 fully saturated rings. The predicted octanol–water partition coefficient (Wildman–Crippen LogP) is 4.20. The van der Waals surface area contributed by atoms with Gasteiger partial charge in [0.1, 0.15) is 24.2 Å². The average Bonchev–Trinajstić information content (AvgIpc) is 2.85. The van der Waals surface area contributed by atoms with Gasteiger partial charge in [0.2, 0.25) is 11.8 Å². The Hall–Kier alpha value is -3.54. The first-order valence-corrected chi connectivity index (χ1v) is 13.3. The zero-order valence-corrected chi connectivity index (χ0v) is 24.8. The van der Waals surface area contributed by atoms with Crippen LogP contribution < -0.4 is 10.6 Å². The minimum atomic E-state index is -1.17. The van der Waals surface area contributed by atoms with Crippen LogP contribution in [0.15, 0.2) is 24.3 Å². The highest BCUT2D eigenvalue weighted by molar-refractivity contribution is 5.94. The number of carbonyl (C=O) groups is 4. The summed E-state index contributed by atoms with van der Waals surface area (Å²) in [6.07, 6.45) is 6.44. The molecule has 0 radical (unpaired) electrons. The molecule has 3 unspecified atom stereocenters. The van der Waals surface area contributed by atoms with Gasteiger partial charge in [0, 0.05) is 11.6 Å². The maximum Gasteiger partial charge on any atom is 0.408 e. The highest BCUT2D eigenvalue weighted by Gasteiger charge is 2.40. The fraction of sp³-hybridized carbons (Fsp3) is 0.600. The lowest BCUT2D eigenvalue weighted by Gasteiger charge is -2.39. The Kier molecular flexibility index (Phi) is 13.0. The van der Waals surface area contributed by atoms with E-state index >= 15 is 0 Å².